The van der Waals surface area contributed by atoms with Crippen LogP contribution in [0.5, 0.6) is 5.75 Å². The molecule has 0 aliphatic carbocycles. The number of hydrogen-bond acceptors (Lipinski definition) is 2. The van der Waals surface area contributed by atoms with Crippen molar-refractivity contribution in [1.82, 2.24) is 0 Å². The second kappa shape index (κ2) is 5.91. The van der Waals surface area contributed by atoms with Gasteiger partial charge in [0.15, 0.2) is 0 Å². The fourth-order valence-corrected chi connectivity index (χ4v) is 2.06. The van der Waals surface area contributed by atoms with Crippen molar-refractivity contribution in [3.05, 3.63) is 63.7 Å². The lowest BCUT2D eigenvalue weighted by Crippen LogP contribution is -2.17. The molecule has 21 heavy (non-hydrogen) atoms. The normalized spacial score (nSPS) is 12.3. The molecule has 2 rings (SSSR count). The van der Waals surface area contributed by atoms with Crippen molar-refractivity contribution in [1.29, 1.82) is 0 Å². The van der Waals surface area contributed by atoms with Gasteiger partial charge in [-0.15, -0.1) is 0 Å². The largest absolute Gasteiger partial charge is 0.497 e. The van der Waals surface area contributed by atoms with E-state index in [1.807, 2.05) is 0 Å². The van der Waals surface area contributed by atoms with Gasteiger partial charge in [0.2, 0.25) is 0 Å². The van der Waals surface area contributed by atoms with E-state index in [4.69, 9.17) is 22.1 Å². The first-order valence-electron chi connectivity index (χ1n) is 5.78. The Morgan fingerprint density at radius 1 is 0.952 bits per heavy atom. The number of rotatable bonds is 3. The highest BCUT2D eigenvalue weighted by Gasteiger charge is 2.23. The first-order chi connectivity index (χ1) is 9.85. The van der Waals surface area contributed by atoms with Gasteiger partial charge in [-0.25, -0.2) is 17.6 Å². The molecule has 0 amide bonds. The molecule has 2 nitrogen and oxygen atoms in total. The number of hydrogen-bond donors (Lipinski definition) is 1. The third kappa shape index (κ3) is 2.96. The highest BCUT2D eigenvalue weighted by molar-refractivity contribution is 6.30. The van der Waals surface area contributed by atoms with Crippen LogP contribution in [0.25, 0.3) is 0 Å². The van der Waals surface area contributed by atoms with Crippen LogP contribution in [0.1, 0.15) is 17.2 Å². The van der Waals surface area contributed by atoms with Crippen LogP contribution in [-0.2, 0) is 0 Å². The molecule has 1 unspecified atom stereocenters. The SMILES string of the molecule is COc1cc(F)c(C(N)c2cc(F)c(Cl)cc2F)c(F)c1. The Morgan fingerprint density at radius 3 is 2.05 bits per heavy atom. The van der Waals surface area contributed by atoms with Gasteiger partial charge in [-0.05, 0) is 12.1 Å². The van der Waals surface area contributed by atoms with Gasteiger partial charge in [0, 0.05) is 23.3 Å². The number of nitrogens with two attached hydrogens (primary N) is 1. The second-order valence-corrected chi connectivity index (χ2v) is 4.68. The molecule has 0 aromatic heterocycles. The number of methoxy groups -OCH3 is 1. The van der Waals surface area contributed by atoms with Crippen molar-refractivity contribution in [2.24, 2.45) is 5.73 Å². The Bertz CT molecular complexity index is 670. The average molecular weight is 320 g/mol. The minimum absolute atomic E-state index is 0.0521. The van der Waals surface area contributed by atoms with Crippen molar-refractivity contribution >= 4 is 11.6 Å². The molecule has 2 aromatic carbocycles. The van der Waals surface area contributed by atoms with Crippen molar-refractivity contribution in [2.75, 3.05) is 7.11 Å². The summed E-state index contributed by atoms with van der Waals surface area (Å²) in [6.07, 6.45) is 0. The Balaban J connectivity index is 2.55. The Morgan fingerprint density at radius 2 is 1.52 bits per heavy atom. The fourth-order valence-electron chi connectivity index (χ4n) is 1.91. The van der Waals surface area contributed by atoms with E-state index in [0.717, 1.165) is 12.1 Å². The van der Waals surface area contributed by atoms with Crippen LogP contribution in [0.4, 0.5) is 17.6 Å². The van der Waals surface area contributed by atoms with Gasteiger partial charge < -0.3 is 10.5 Å². The van der Waals surface area contributed by atoms with Gasteiger partial charge in [0.05, 0.1) is 18.2 Å². The standard InChI is InChI=1S/C14H10ClF4NO/c1-21-6-2-11(18)13(12(19)3-6)14(20)7-4-10(17)8(15)5-9(7)16/h2-5,14H,20H2,1H3. The summed E-state index contributed by atoms with van der Waals surface area (Å²) in [6, 6.07) is 1.70. The lowest BCUT2D eigenvalue weighted by atomic mass is 9.97. The molecule has 0 bridgehead atoms. The van der Waals surface area contributed by atoms with Crippen molar-refractivity contribution in [3.8, 4) is 5.75 Å². The maximum absolute atomic E-state index is 13.9. The van der Waals surface area contributed by atoms with Crippen molar-refractivity contribution in [2.45, 2.75) is 6.04 Å². The lowest BCUT2D eigenvalue weighted by molar-refractivity contribution is 0.404. The van der Waals surface area contributed by atoms with Crippen LogP contribution in [0.15, 0.2) is 24.3 Å². The number of ether oxygens (including phenoxy) is 1. The van der Waals surface area contributed by atoms with Gasteiger partial charge in [0.25, 0.3) is 0 Å². The van der Waals surface area contributed by atoms with Gasteiger partial charge >= 0.3 is 0 Å². The molecule has 0 aliphatic heterocycles. The van der Waals surface area contributed by atoms with Gasteiger partial charge in [0.1, 0.15) is 29.0 Å². The van der Waals surface area contributed by atoms with Crippen molar-refractivity contribution in [3.63, 3.8) is 0 Å². The fraction of sp³-hybridized carbons (Fsp3) is 0.143. The van der Waals surface area contributed by atoms with Crippen LogP contribution in [0, 0.1) is 23.3 Å². The molecular weight excluding hydrogens is 310 g/mol. The van der Waals surface area contributed by atoms with Crippen LogP contribution in [-0.4, -0.2) is 7.11 Å². The van der Waals surface area contributed by atoms with Gasteiger partial charge in [-0.3, -0.25) is 0 Å². The summed E-state index contributed by atoms with van der Waals surface area (Å²) in [4.78, 5) is 0. The third-order valence-corrected chi connectivity index (χ3v) is 3.26. The van der Waals surface area contributed by atoms with Crippen LogP contribution in [0.3, 0.4) is 0 Å². The quantitative estimate of drug-likeness (QED) is 0.686. The smallest absolute Gasteiger partial charge is 0.142 e. The molecule has 0 aliphatic rings. The summed E-state index contributed by atoms with van der Waals surface area (Å²) >= 11 is 5.42. The van der Waals surface area contributed by atoms with Crippen molar-refractivity contribution < 1.29 is 22.3 Å². The molecule has 7 heteroatoms. The molecule has 2 aromatic rings. The molecule has 1 atom stereocenters. The van der Waals surface area contributed by atoms with E-state index in [-0.39, 0.29) is 5.75 Å². The predicted molar refractivity (Wildman–Crippen MR) is 70.3 cm³/mol. The summed E-state index contributed by atoms with van der Waals surface area (Å²) in [5.74, 6) is -3.98. The molecule has 0 heterocycles. The molecule has 112 valence electrons. The number of benzene rings is 2. The monoisotopic (exact) mass is 319 g/mol. The lowest BCUT2D eigenvalue weighted by Gasteiger charge is -2.16. The minimum Gasteiger partial charge on any atom is -0.497 e. The summed E-state index contributed by atoms with van der Waals surface area (Å²) in [6.45, 7) is 0. The molecule has 0 saturated carbocycles. The topological polar surface area (TPSA) is 35.2 Å². The molecule has 0 spiro atoms. The zero-order chi connectivity index (χ0) is 15.7. The summed E-state index contributed by atoms with van der Waals surface area (Å²) < 4.78 is 59.7. The van der Waals surface area contributed by atoms with E-state index in [2.05, 4.69) is 0 Å². The molecular formula is C14H10ClF4NO. The highest BCUT2D eigenvalue weighted by Crippen LogP contribution is 2.31. The summed E-state index contributed by atoms with van der Waals surface area (Å²) in [5, 5.41) is -0.445. The van der Waals surface area contributed by atoms with E-state index in [1.54, 1.807) is 0 Å². The Kier molecular flexibility index (Phi) is 4.39. The van der Waals surface area contributed by atoms with Crippen LogP contribution < -0.4 is 10.5 Å². The first-order valence-corrected chi connectivity index (χ1v) is 6.16. The summed E-state index contributed by atoms with van der Waals surface area (Å²) in [7, 11) is 1.24. The van der Waals surface area contributed by atoms with E-state index in [9.17, 15) is 17.6 Å². The zero-order valence-electron chi connectivity index (χ0n) is 10.8. The average Bonchev–Trinajstić information content (AvgIpc) is 2.41. The molecule has 2 N–H and O–H groups in total. The highest BCUT2D eigenvalue weighted by atomic mass is 35.5. The van der Waals surface area contributed by atoms with E-state index >= 15 is 0 Å². The van der Waals surface area contributed by atoms with Crippen LogP contribution in [0.2, 0.25) is 5.02 Å². The molecule has 0 saturated heterocycles. The van der Waals surface area contributed by atoms with Gasteiger partial charge in [-0.1, -0.05) is 11.6 Å². The molecule has 0 fully saturated rings. The molecule has 0 radical (unpaired) electrons. The van der Waals surface area contributed by atoms with E-state index in [1.165, 1.54) is 7.11 Å². The Hall–Kier alpha value is -1.79. The minimum atomic E-state index is -1.53. The predicted octanol–water partition coefficient (Wildman–Crippen LogP) is 3.95. The van der Waals surface area contributed by atoms with Crippen LogP contribution >= 0.6 is 11.6 Å². The Labute approximate surface area is 123 Å². The van der Waals surface area contributed by atoms with E-state index < -0.39 is 45.5 Å². The van der Waals surface area contributed by atoms with Gasteiger partial charge in [-0.2, -0.15) is 0 Å². The summed E-state index contributed by atoms with van der Waals surface area (Å²) in [5.41, 5.74) is 4.67. The first kappa shape index (κ1) is 15.6. The zero-order valence-corrected chi connectivity index (χ0v) is 11.5. The second-order valence-electron chi connectivity index (χ2n) is 4.27. The van der Waals surface area contributed by atoms with E-state index in [0.29, 0.717) is 12.1 Å². The number of halogens is 5. The third-order valence-electron chi connectivity index (χ3n) is 2.97. The maximum Gasteiger partial charge on any atom is 0.142 e. The maximum atomic E-state index is 13.9.